The van der Waals surface area contributed by atoms with Gasteiger partial charge in [-0.2, -0.15) is 0 Å². The first-order valence-corrected chi connectivity index (χ1v) is 9.89. The number of fused-ring (bicyclic) bond motifs is 1. The first kappa shape index (κ1) is 18.6. The number of aryl methyl sites for hydroxylation is 1. The van der Waals surface area contributed by atoms with E-state index in [1.54, 1.807) is 0 Å². The van der Waals surface area contributed by atoms with Crippen LogP contribution in [0, 0.1) is 6.92 Å². The van der Waals surface area contributed by atoms with Crippen molar-refractivity contribution >= 4 is 17.0 Å². The molecule has 0 atom stereocenters. The highest BCUT2D eigenvalue weighted by Crippen LogP contribution is 2.40. The molecule has 1 aromatic carbocycles. The molecule has 1 fully saturated rings. The summed E-state index contributed by atoms with van der Waals surface area (Å²) in [5.74, 6) is 0.374. The van der Waals surface area contributed by atoms with Gasteiger partial charge in [-0.1, -0.05) is 35.5 Å². The number of nitrogens with zero attached hydrogens (tertiary/aromatic N) is 3. The maximum absolute atomic E-state index is 12.8. The number of amides is 1. The highest BCUT2D eigenvalue weighted by molar-refractivity contribution is 6.06. The van der Waals surface area contributed by atoms with Crippen LogP contribution in [0.3, 0.4) is 0 Å². The number of aromatic nitrogens is 2. The molecule has 28 heavy (non-hydrogen) atoms. The molecular weight excluding hydrogens is 352 g/mol. The van der Waals surface area contributed by atoms with Gasteiger partial charge in [0.1, 0.15) is 0 Å². The largest absolute Gasteiger partial charge is 0.352 e. The average Bonchev–Trinajstić information content (AvgIpc) is 3.49. The van der Waals surface area contributed by atoms with Gasteiger partial charge in [0.15, 0.2) is 0 Å². The van der Waals surface area contributed by atoms with Crippen LogP contribution in [0.25, 0.3) is 11.1 Å². The minimum atomic E-state index is -0.0775. The van der Waals surface area contributed by atoms with E-state index >= 15 is 0 Å². The van der Waals surface area contributed by atoms with Crippen LogP contribution in [-0.2, 0) is 6.54 Å². The Hall–Kier alpha value is -2.73. The fourth-order valence-electron chi connectivity index (χ4n) is 3.50. The summed E-state index contributed by atoms with van der Waals surface area (Å²) in [5.41, 5.74) is 4.04. The van der Waals surface area contributed by atoms with Crippen LogP contribution in [-0.4, -0.2) is 41.1 Å². The number of rotatable bonds is 8. The third-order valence-corrected chi connectivity index (χ3v) is 5.17. The van der Waals surface area contributed by atoms with Gasteiger partial charge in [-0.25, -0.2) is 4.98 Å². The molecular formula is C22H26N4O2. The van der Waals surface area contributed by atoms with Crippen LogP contribution < -0.4 is 5.32 Å². The van der Waals surface area contributed by atoms with Gasteiger partial charge in [-0.15, -0.1) is 0 Å². The molecule has 0 radical (unpaired) electrons. The third kappa shape index (κ3) is 4.22. The number of nitrogens with one attached hydrogen (secondary N) is 1. The van der Waals surface area contributed by atoms with Gasteiger partial charge in [-0.3, -0.25) is 4.79 Å². The molecule has 0 aliphatic heterocycles. The number of hydrogen-bond donors (Lipinski definition) is 1. The number of pyridine rings is 1. The van der Waals surface area contributed by atoms with Gasteiger partial charge in [0.05, 0.1) is 16.6 Å². The van der Waals surface area contributed by atoms with Crippen molar-refractivity contribution in [2.24, 2.45) is 0 Å². The lowest BCUT2D eigenvalue weighted by Gasteiger charge is -2.16. The van der Waals surface area contributed by atoms with Crippen LogP contribution in [0.5, 0.6) is 0 Å². The third-order valence-electron chi connectivity index (χ3n) is 5.17. The molecule has 146 valence electrons. The molecule has 6 heteroatoms. The van der Waals surface area contributed by atoms with E-state index in [1.165, 1.54) is 5.56 Å². The van der Waals surface area contributed by atoms with Crippen molar-refractivity contribution in [1.29, 1.82) is 0 Å². The van der Waals surface area contributed by atoms with Crippen molar-refractivity contribution in [3.8, 4) is 0 Å². The Morgan fingerprint density at radius 3 is 2.82 bits per heavy atom. The minimum Gasteiger partial charge on any atom is -0.352 e. The van der Waals surface area contributed by atoms with E-state index in [0.717, 1.165) is 43.4 Å². The molecule has 1 saturated carbocycles. The Labute approximate surface area is 164 Å². The summed E-state index contributed by atoms with van der Waals surface area (Å²) in [6, 6.07) is 12.3. The summed E-state index contributed by atoms with van der Waals surface area (Å²) in [5, 5.41) is 7.77. The van der Waals surface area contributed by atoms with E-state index in [9.17, 15) is 4.79 Å². The second-order valence-corrected chi connectivity index (χ2v) is 7.65. The average molecular weight is 378 g/mol. The van der Waals surface area contributed by atoms with E-state index in [4.69, 9.17) is 4.52 Å². The van der Waals surface area contributed by atoms with E-state index in [0.29, 0.717) is 29.4 Å². The number of benzene rings is 1. The molecule has 2 heterocycles. The predicted molar refractivity (Wildman–Crippen MR) is 108 cm³/mol. The fourth-order valence-corrected chi connectivity index (χ4v) is 3.50. The zero-order chi connectivity index (χ0) is 19.5. The predicted octanol–water partition coefficient (Wildman–Crippen LogP) is 3.66. The highest BCUT2D eigenvalue weighted by atomic mass is 16.5. The monoisotopic (exact) mass is 378 g/mol. The molecule has 3 aromatic rings. The van der Waals surface area contributed by atoms with Crippen LogP contribution in [0.2, 0.25) is 0 Å². The Morgan fingerprint density at radius 1 is 1.29 bits per heavy atom. The lowest BCUT2D eigenvalue weighted by atomic mass is 10.1. The van der Waals surface area contributed by atoms with Crippen molar-refractivity contribution < 1.29 is 9.32 Å². The Morgan fingerprint density at radius 2 is 2.07 bits per heavy atom. The summed E-state index contributed by atoms with van der Waals surface area (Å²) in [6.07, 6.45) is 3.14. The highest BCUT2D eigenvalue weighted by Gasteiger charge is 2.28. The van der Waals surface area contributed by atoms with Crippen molar-refractivity contribution in [2.45, 2.75) is 38.6 Å². The molecule has 0 bridgehead atoms. The standard InChI is InChI=1S/C22H26N4O2/c1-15-20-18(13-19(17-9-10-17)24-22(20)28-25-15)21(27)23-11-6-12-26(2)14-16-7-4-3-5-8-16/h3-5,7-8,13,17H,6,9-12,14H2,1-2H3,(H,23,27). The van der Waals surface area contributed by atoms with Crippen LogP contribution in [0.1, 0.15) is 52.5 Å². The Bertz CT molecular complexity index is 963. The van der Waals surface area contributed by atoms with Gasteiger partial charge in [-0.05, 0) is 51.4 Å². The van der Waals surface area contributed by atoms with Crippen molar-refractivity contribution in [3.63, 3.8) is 0 Å². The van der Waals surface area contributed by atoms with Crippen molar-refractivity contribution in [2.75, 3.05) is 20.1 Å². The second kappa shape index (κ2) is 8.10. The van der Waals surface area contributed by atoms with Crippen LogP contribution in [0.15, 0.2) is 40.9 Å². The van der Waals surface area contributed by atoms with Gasteiger partial charge in [0.25, 0.3) is 11.6 Å². The van der Waals surface area contributed by atoms with Crippen LogP contribution in [0.4, 0.5) is 0 Å². The topological polar surface area (TPSA) is 71.3 Å². The maximum atomic E-state index is 12.8. The second-order valence-electron chi connectivity index (χ2n) is 7.65. The zero-order valence-corrected chi connectivity index (χ0v) is 16.4. The smallest absolute Gasteiger partial charge is 0.259 e. The number of carbonyl (C=O) groups is 1. The molecule has 2 aromatic heterocycles. The first-order valence-electron chi connectivity index (χ1n) is 9.89. The van der Waals surface area contributed by atoms with E-state index in [2.05, 4.69) is 51.7 Å². The van der Waals surface area contributed by atoms with Gasteiger partial charge >= 0.3 is 0 Å². The molecule has 4 rings (SSSR count). The number of carbonyl (C=O) groups excluding carboxylic acids is 1. The number of hydrogen-bond acceptors (Lipinski definition) is 5. The quantitative estimate of drug-likeness (QED) is 0.606. The maximum Gasteiger partial charge on any atom is 0.259 e. The summed E-state index contributed by atoms with van der Waals surface area (Å²) in [4.78, 5) is 19.6. The van der Waals surface area contributed by atoms with Crippen LogP contribution >= 0.6 is 0 Å². The molecule has 1 amide bonds. The van der Waals surface area contributed by atoms with E-state index in [-0.39, 0.29) is 5.91 Å². The lowest BCUT2D eigenvalue weighted by Crippen LogP contribution is -2.28. The molecule has 0 spiro atoms. The Balaban J connectivity index is 1.34. The molecule has 0 unspecified atom stereocenters. The summed E-state index contributed by atoms with van der Waals surface area (Å²) >= 11 is 0. The summed E-state index contributed by atoms with van der Waals surface area (Å²) in [6.45, 7) is 4.30. The normalized spacial score (nSPS) is 14.0. The van der Waals surface area contributed by atoms with Gasteiger partial charge in [0.2, 0.25) is 0 Å². The first-order chi connectivity index (χ1) is 13.6. The van der Waals surface area contributed by atoms with Gasteiger partial charge < -0.3 is 14.7 Å². The molecule has 1 aliphatic rings. The van der Waals surface area contributed by atoms with Crippen molar-refractivity contribution in [1.82, 2.24) is 20.4 Å². The van der Waals surface area contributed by atoms with Crippen molar-refractivity contribution in [3.05, 3.63) is 58.9 Å². The van der Waals surface area contributed by atoms with Gasteiger partial charge in [0, 0.05) is 24.7 Å². The minimum absolute atomic E-state index is 0.0775. The SMILES string of the molecule is Cc1noc2nc(C3CC3)cc(C(=O)NCCCN(C)Cc3ccccc3)c12. The Kier molecular flexibility index (Phi) is 5.39. The molecule has 6 nitrogen and oxygen atoms in total. The lowest BCUT2D eigenvalue weighted by molar-refractivity contribution is 0.0953. The summed E-state index contributed by atoms with van der Waals surface area (Å²) < 4.78 is 5.32. The molecule has 0 saturated heterocycles. The molecule has 1 N–H and O–H groups in total. The summed E-state index contributed by atoms with van der Waals surface area (Å²) in [7, 11) is 2.10. The van der Waals surface area contributed by atoms with E-state index < -0.39 is 0 Å². The van der Waals surface area contributed by atoms with E-state index in [1.807, 2.05) is 19.1 Å². The zero-order valence-electron chi connectivity index (χ0n) is 16.4. The fraction of sp³-hybridized carbons (Fsp3) is 0.409. The molecule has 1 aliphatic carbocycles.